The second-order valence-corrected chi connectivity index (χ2v) is 22.6. The molecule has 0 amide bonds. The number of hydrogen-bond donors (Lipinski definition) is 0. The summed E-state index contributed by atoms with van der Waals surface area (Å²) >= 11 is 0. The quantitative estimate of drug-likeness (QED) is 0.554. The Morgan fingerprint density at radius 2 is 1.65 bits per heavy atom. The number of likely N-dealkylation sites (tertiary alicyclic amines) is 1. The van der Waals surface area contributed by atoms with E-state index in [2.05, 4.69) is 76.1 Å². The molecule has 1 aromatic heterocycles. The van der Waals surface area contributed by atoms with Gasteiger partial charge in [0, 0.05) is 17.9 Å². The van der Waals surface area contributed by atoms with Crippen LogP contribution in [0.1, 0.15) is 30.1 Å². The Labute approximate surface area is 163 Å². The van der Waals surface area contributed by atoms with Crippen molar-refractivity contribution in [2.24, 2.45) is 0 Å². The summed E-state index contributed by atoms with van der Waals surface area (Å²) in [7, 11) is -3.23. The molecule has 2 rings (SSSR count). The van der Waals surface area contributed by atoms with Gasteiger partial charge in [-0.3, -0.25) is 9.88 Å². The summed E-state index contributed by atoms with van der Waals surface area (Å²) in [4.78, 5) is 7.20. The highest BCUT2D eigenvalue weighted by Gasteiger charge is 2.40. The van der Waals surface area contributed by atoms with Gasteiger partial charge < -0.3 is 8.23 Å². The Hall–Kier alpha value is -0.319. The minimum absolute atomic E-state index is 0.543. The Balaban J connectivity index is 2.03. The number of rotatable bonds is 8. The third-order valence-corrected chi connectivity index (χ3v) is 14.1. The molecule has 1 aliphatic heterocycles. The van der Waals surface area contributed by atoms with Gasteiger partial charge in [0.15, 0.2) is 16.6 Å². The van der Waals surface area contributed by atoms with E-state index >= 15 is 0 Å². The minimum atomic E-state index is -2.18. The summed E-state index contributed by atoms with van der Waals surface area (Å²) < 4.78 is 13.2. The molecule has 0 unspecified atom stereocenters. The predicted octanol–water partition coefficient (Wildman–Crippen LogP) is 5.17. The monoisotopic (exact) mass is 410 g/mol. The fourth-order valence-electron chi connectivity index (χ4n) is 3.89. The van der Waals surface area contributed by atoms with Gasteiger partial charge >= 0.3 is 8.56 Å². The average molecular weight is 411 g/mol. The smallest absolute Gasteiger partial charge is 0.314 e. The molecule has 26 heavy (non-hydrogen) atoms. The van der Waals surface area contributed by atoms with Gasteiger partial charge in [-0.2, -0.15) is 0 Å². The van der Waals surface area contributed by atoms with Gasteiger partial charge in [0.1, 0.15) is 0 Å². The van der Waals surface area contributed by atoms with Crippen LogP contribution in [0.15, 0.2) is 18.3 Å². The lowest BCUT2D eigenvalue weighted by molar-refractivity contribution is 0.317. The molecule has 0 bridgehead atoms. The van der Waals surface area contributed by atoms with Crippen molar-refractivity contribution in [3.8, 4) is 0 Å². The first-order valence-corrected chi connectivity index (χ1v) is 19.3. The highest BCUT2D eigenvalue weighted by atomic mass is 28.5. The van der Waals surface area contributed by atoms with Gasteiger partial charge in [0.25, 0.3) is 0 Å². The van der Waals surface area contributed by atoms with E-state index in [-0.39, 0.29) is 0 Å². The minimum Gasteiger partial charge on any atom is -0.437 e. The molecule has 1 saturated heterocycles. The SMILES string of the molecule is CN1CCC[C@H]1c1ccc(CC[Si](C)(O[Si](C)(C)C)O[Si](C)(C)C)nc1. The van der Waals surface area contributed by atoms with Crippen LogP contribution in [0.2, 0.25) is 51.9 Å². The maximum atomic E-state index is 6.60. The van der Waals surface area contributed by atoms with Gasteiger partial charge in [-0.05, 0) is 96.4 Å². The van der Waals surface area contributed by atoms with Crippen molar-refractivity contribution >= 4 is 25.2 Å². The van der Waals surface area contributed by atoms with Crippen LogP contribution in [0.3, 0.4) is 0 Å². The van der Waals surface area contributed by atoms with Gasteiger partial charge in [-0.25, -0.2) is 0 Å². The van der Waals surface area contributed by atoms with Crippen molar-refractivity contribution in [2.75, 3.05) is 13.6 Å². The molecule has 148 valence electrons. The van der Waals surface area contributed by atoms with E-state index in [1.54, 1.807) is 0 Å². The second-order valence-electron chi connectivity index (χ2n) is 9.78. The van der Waals surface area contributed by atoms with Crippen LogP contribution in [-0.4, -0.2) is 48.7 Å². The van der Waals surface area contributed by atoms with Crippen LogP contribution < -0.4 is 0 Å². The Kier molecular flexibility index (Phi) is 7.07. The standard InChI is InChI=1S/C19H38N2O2Si3/c1-21-14-9-10-19(21)17-11-12-18(20-16-17)13-15-26(8,22-24(2,3)4)23-25(5,6)7/h11-12,16,19H,9-10,13-15H2,1-8H3/t19-/m0/s1. The fourth-order valence-corrected chi connectivity index (χ4v) is 16.3. The average Bonchev–Trinajstić information content (AvgIpc) is 2.88. The van der Waals surface area contributed by atoms with Crippen LogP contribution in [-0.2, 0) is 14.7 Å². The zero-order chi connectivity index (χ0) is 19.6. The van der Waals surface area contributed by atoms with Crippen molar-refractivity contribution < 1.29 is 8.23 Å². The predicted molar refractivity (Wildman–Crippen MR) is 118 cm³/mol. The Morgan fingerprint density at radius 1 is 1.04 bits per heavy atom. The van der Waals surface area contributed by atoms with E-state index < -0.39 is 25.2 Å². The van der Waals surface area contributed by atoms with E-state index in [9.17, 15) is 0 Å². The Bertz CT molecular complexity index is 566. The first-order chi connectivity index (χ1) is 11.9. The van der Waals surface area contributed by atoms with Crippen LogP contribution in [0.5, 0.6) is 0 Å². The summed E-state index contributed by atoms with van der Waals surface area (Å²) in [5.41, 5.74) is 2.51. The zero-order valence-electron chi connectivity index (χ0n) is 18.1. The van der Waals surface area contributed by atoms with Crippen molar-refractivity contribution in [3.63, 3.8) is 0 Å². The maximum absolute atomic E-state index is 6.60. The van der Waals surface area contributed by atoms with Crippen LogP contribution in [0.4, 0.5) is 0 Å². The molecule has 1 atom stereocenters. The number of aryl methyl sites for hydroxylation is 1. The third-order valence-electron chi connectivity index (χ3n) is 4.63. The van der Waals surface area contributed by atoms with Crippen molar-refractivity contribution in [3.05, 3.63) is 29.6 Å². The summed E-state index contributed by atoms with van der Waals surface area (Å²) in [6.07, 6.45) is 5.56. The third kappa shape index (κ3) is 7.01. The van der Waals surface area contributed by atoms with Gasteiger partial charge in [0.05, 0.1) is 0 Å². The number of nitrogens with zero attached hydrogens (tertiary/aromatic N) is 2. The van der Waals surface area contributed by atoms with Crippen molar-refractivity contribution in [1.29, 1.82) is 0 Å². The molecular formula is C19H38N2O2Si3. The molecule has 4 nitrogen and oxygen atoms in total. The zero-order valence-corrected chi connectivity index (χ0v) is 21.1. The summed E-state index contributed by atoms with van der Waals surface area (Å²) in [6.45, 7) is 17.0. The van der Waals surface area contributed by atoms with E-state index in [0.29, 0.717) is 6.04 Å². The van der Waals surface area contributed by atoms with Crippen LogP contribution in [0.25, 0.3) is 0 Å². The van der Waals surface area contributed by atoms with E-state index in [4.69, 9.17) is 13.2 Å². The van der Waals surface area contributed by atoms with Gasteiger partial charge in [0.2, 0.25) is 0 Å². The molecule has 0 spiro atoms. The molecule has 0 N–H and O–H groups in total. The fraction of sp³-hybridized carbons (Fsp3) is 0.737. The Morgan fingerprint density at radius 3 is 2.08 bits per heavy atom. The largest absolute Gasteiger partial charge is 0.437 e. The molecule has 7 heteroatoms. The number of hydrogen-bond acceptors (Lipinski definition) is 4. The topological polar surface area (TPSA) is 34.6 Å². The molecule has 1 fully saturated rings. The molecule has 2 heterocycles. The van der Waals surface area contributed by atoms with Gasteiger partial charge in [-0.15, -0.1) is 0 Å². The van der Waals surface area contributed by atoms with Crippen LogP contribution in [0, 0.1) is 0 Å². The lowest BCUT2D eigenvalue weighted by Gasteiger charge is -2.38. The molecule has 0 radical (unpaired) electrons. The summed E-state index contributed by atoms with van der Waals surface area (Å²) in [5, 5.41) is 0. The van der Waals surface area contributed by atoms with E-state index in [0.717, 1.165) is 18.2 Å². The molecule has 0 saturated carbocycles. The molecule has 1 aromatic rings. The maximum Gasteiger partial charge on any atom is 0.314 e. The normalized spacial score (nSPS) is 19.9. The second kappa shape index (κ2) is 8.36. The highest BCUT2D eigenvalue weighted by molar-refractivity contribution is 6.87. The van der Waals surface area contributed by atoms with E-state index in [1.807, 2.05) is 0 Å². The molecule has 0 aliphatic carbocycles. The lowest BCUT2D eigenvalue weighted by atomic mass is 10.1. The van der Waals surface area contributed by atoms with Gasteiger partial charge in [-0.1, -0.05) is 6.07 Å². The first-order valence-electron chi connectivity index (χ1n) is 9.92. The van der Waals surface area contributed by atoms with Crippen molar-refractivity contribution in [2.45, 2.75) is 77.2 Å². The summed E-state index contributed by atoms with van der Waals surface area (Å²) in [6, 6.07) is 6.00. The molecule has 1 aliphatic rings. The van der Waals surface area contributed by atoms with E-state index in [1.165, 1.54) is 24.9 Å². The molecular weight excluding hydrogens is 372 g/mol. The summed E-state index contributed by atoms with van der Waals surface area (Å²) in [5.74, 6) is 0. The molecule has 0 aromatic carbocycles. The highest BCUT2D eigenvalue weighted by Crippen LogP contribution is 2.30. The van der Waals surface area contributed by atoms with Crippen molar-refractivity contribution in [1.82, 2.24) is 9.88 Å². The lowest BCUT2D eigenvalue weighted by Crippen LogP contribution is -2.52. The number of aromatic nitrogens is 1. The van der Waals surface area contributed by atoms with Crippen LogP contribution >= 0.6 is 0 Å². The number of pyridine rings is 1. The first kappa shape index (κ1) is 22.0.